The molecule has 0 spiro atoms. The second-order valence-corrected chi connectivity index (χ2v) is 6.12. The summed E-state index contributed by atoms with van der Waals surface area (Å²) in [5.41, 5.74) is 4.12. The predicted molar refractivity (Wildman–Crippen MR) is 82.4 cm³/mol. The SMILES string of the molecule is Cc1ccc(B(c2ccccc2)C(C)(C)C)cc1. The largest absolute Gasteiger partial charge is 0.214 e. The molecule has 0 aliphatic rings. The Bertz CT molecular complexity index is 491. The van der Waals surface area contributed by atoms with E-state index in [0.717, 1.165) is 0 Å². The molecule has 0 amide bonds. The first-order valence-corrected chi connectivity index (χ1v) is 6.60. The van der Waals surface area contributed by atoms with Gasteiger partial charge in [0.25, 0.3) is 0 Å². The molecule has 1 heteroatoms. The third-order valence-electron chi connectivity index (χ3n) is 3.41. The lowest BCUT2D eigenvalue weighted by atomic mass is 9.28. The van der Waals surface area contributed by atoms with Crippen molar-refractivity contribution in [3.05, 3.63) is 60.2 Å². The minimum atomic E-state index is 0.219. The summed E-state index contributed by atoms with van der Waals surface area (Å²) in [7, 11) is 0. The van der Waals surface area contributed by atoms with Crippen LogP contribution in [0.15, 0.2) is 54.6 Å². The Balaban J connectivity index is 2.47. The minimum absolute atomic E-state index is 0.219. The van der Waals surface area contributed by atoms with Gasteiger partial charge in [0.05, 0.1) is 0 Å². The normalized spacial score (nSPS) is 11.3. The van der Waals surface area contributed by atoms with E-state index in [9.17, 15) is 0 Å². The van der Waals surface area contributed by atoms with Crippen LogP contribution in [0, 0.1) is 6.92 Å². The summed E-state index contributed by atoms with van der Waals surface area (Å²) in [5.74, 6) is 0. The molecule has 2 rings (SSSR count). The number of aryl methyl sites for hydroxylation is 1. The van der Waals surface area contributed by atoms with Crippen LogP contribution in [0.25, 0.3) is 0 Å². The number of hydrogen-bond donors (Lipinski definition) is 0. The Kier molecular flexibility index (Phi) is 3.61. The van der Waals surface area contributed by atoms with Gasteiger partial charge in [-0.2, -0.15) is 0 Å². The van der Waals surface area contributed by atoms with Crippen molar-refractivity contribution in [1.29, 1.82) is 0 Å². The molecule has 0 N–H and O–H groups in total. The van der Waals surface area contributed by atoms with Gasteiger partial charge in [-0.25, -0.2) is 0 Å². The fraction of sp³-hybridized carbons (Fsp3) is 0.294. The quantitative estimate of drug-likeness (QED) is 0.701. The topological polar surface area (TPSA) is 0 Å². The monoisotopic (exact) mass is 236 g/mol. The van der Waals surface area contributed by atoms with Crippen LogP contribution < -0.4 is 10.9 Å². The van der Waals surface area contributed by atoms with Gasteiger partial charge in [-0.1, -0.05) is 97.2 Å². The molecule has 0 aliphatic heterocycles. The zero-order valence-electron chi connectivity index (χ0n) is 11.8. The smallest absolute Gasteiger partial charge is 0.0736 e. The van der Waals surface area contributed by atoms with Gasteiger partial charge in [0.15, 0.2) is 0 Å². The Morgan fingerprint density at radius 3 is 1.72 bits per heavy atom. The molecule has 0 unspecified atom stereocenters. The second kappa shape index (κ2) is 5.01. The number of hydrogen-bond acceptors (Lipinski definition) is 0. The van der Waals surface area contributed by atoms with E-state index in [1.807, 2.05) is 0 Å². The highest BCUT2D eigenvalue weighted by Gasteiger charge is 2.31. The Labute approximate surface area is 111 Å². The summed E-state index contributed by atoms with van der Waals surface area (Å²) in [6.45, 7) is 9.51. The van der Waals surface area contributed by atoms with E-state index in [1.165, 1.54) is 16.5 Å². The van der Waals surface area contributed by atoms with Crippen LogP contribution in [0.2, 0.25) is 5.31 Å². The molecule has 0 saturated heterocycles. The van der Waals surface area contributed by atoms with Gasteiger partial charge in [-0.15, -0.1) is 0 Å². The fourth-order valence-electron chi connectivity index (χ4n) is 2.60. The number of benzene rings is 2. The van der Waals surface area contributed by atoms with Crippen molar-refractivity contribution >= 4 is 17.6 Å². The lowest BCUT2D eigenvalue weighted by Crippen LogP contribution is -2.48. The first-order valence-electron chi connectivity index (χ1n) is 6.60. The summed E-state index contributed by atoms with van der Waals surface area (Å²) >= 11 is 0. The molecule has 0 fully saturated rings. The Morgan fingerprint density at radius 1 is 0.722 bits per heavy atom. The molecule has 0 radical (unpaired) electrons. The molecular weight excluding hydrogens is 215 g/mol. The van der Waals surface area contributed by atoms with E-state index in [1.54, 1.807) is 0 Å². The van der Waals surface area contributed by atoms with Crippen LogP contribution in [0.1, 0.15) is 26.3 Å². The third kappa shape index (κ3) is 2.84. The molecule has 0 heterocycles. The Hall–Kier alpha value is -1.50. The molecule has 0 bridgehead atoms. The van der Waals surface area contributed by atoms with Gasteiger partial charge in [0, 0.05) is 0 Å². The van der Waals surface area contributed by atoms with E-state index < -0.39 is 0 Å². The van der Waals surface area contributed by atoms with Gasteiger partial charge in [-0.3, -0.25) is 0 Å². The average molecular weight is 236 g/mol. The molecule has 2 aromatic rings. The molecule has 0 atom stereocenters. The van der Waals surface area contributed by atoms with Crippen LogP contribution in [0.3, 0.4) is 0 Å². The van der Waals surface area contributed by atoms with Gasteiger partial charge < -0.3 is 0 Å². The van der Waals surface area contributed by atoms with E-state index in [2.05, 4.69) is 82.3 Å². The first-order chi connectivity index (χ1) is 8.48. The van der Waals surface area contributed by atoms with Crippen LogP contribution >= 0.6 is 0 Å². The number of rotatable bonds is 2. The second-order valence-electron chi connectivity index (χ2n) is 6.12. The first kappa shape index (κ1) is 12.9. The van der Waals surface area contributed by atoms with Crippen molar-refractivity contribution in [2.45, 2.75) is 33.0 Å². The van der Waals surface area contributed by atoms with Crippen LogP contribution in [-0.2, 0) is 0 Å². The summed E-state index contributed by atoms with van der Waals surface area (Å²) in [5, 5.41) is 0.219. The van der Waals surface area contributed by atoms with E-state index in [0.29, 0.717) is 6.71 Å². The van der Waals surface area contributed by atoms with Crippen molar-refractivity contribution in [2.24, 2.45) is 0 Å². The maximum atomic E-state index is 2.31. The van der Waals surface area contributed by atoms with E-state index in [4.69, 9.17) is 0 Å². The zero-order chi connectivity index (χ0) is 13.2. The summed E-state index contributed by atoms with van der Waals surface area (Å²) in [6.07, 6.45) is 0. The molecule has 0 nitrogen and oxygen atoms in total. The van der Waals surface area contributed by atoms with Crippen molar-refractivity contribution in [2.75, 3.05) is 0 Å². The highest BCUT2D eigenvalue weighted by Crippen LogP contribution is 2.26. The maximum absolute atomic E-state index is 2.31. The molecule has 0 aromatic heterocycles. The maximum Gasteiger partial charge on any atom is 0.214 e. The zero-order valence-corrected chi connectivity index (χ0v) is 11.8. The van der Waals surface area contributed by atoms with Gasteiger partial charge in [-0.05, 0) is 6.92 Å². The van der Waals surface area contributed by atoms with E-state index in [-0.39, 0.29) is 5.31 Å². The third-order valence-corrected chi connectivity index (χ3v) is 3.41. The van der Waals surface area contributed by atoms with Crippen molar-refractivity contribution in [3.63, 3.8) is 0 Å². The van der Waals surface area contributed by atoms with E-state index >= 15 is 0 Å². The Morgan fingerprint density at radius 2 is 1.22 bits per heavy atom. The standard InChI is InChI=1S/C17H21B/c1-14-10-12-16(13-11-14)18(17(2,3)4)15-8-6-5-7-9-15/h5-13H,1-4H3. The van der Waals surface area contributed by atoms with Gasteiger partial charge in [0.2, 0.25) is 6.71 Å². The molecular formula is C17H21B. The van der Waals surface area contributed by atoms with Crippen molar-refractivity contribution < 1.29 is 0 Å². The van der Waals surface area contributed by atoms with Crippen LogP contribution in [0.4, 0.5) is 0 Å². The molecule has 2 aromatic carbocycles. The van der Waals surface area contributed by atoms with Crippen molar-refractivity contribution in [3.8, 4) is 0 Å². The fourth-order valence-corrected chi connectivity index (χ4v) is 2.60. The molecule has 0 aliphatic carbocycles. The van der Waals surface area contributed by atoms with Gasteiger partial charge in [0.1, 0.15) is 0 Å². The van der Waals surface area contributed by atoms with Gasteiger partial charge >= 0.3 is 0 Å². The molecule has 0 saturated carbocycles. The lowest BCUT2D eigenvalue weighted by Gasteiger charge is -2.28. The summed E-state index contributed by atoms with van der Waals surface area (Å²) in [6, 6.07) is 19.7. The highest BCUT2D eigenvalue weighted by atomic mass is 14.1. The predicted octanol–water partition coefficient (Wildman–Crippen LogP) is 3.40. The van der Waals surface area contributed by atoms with Crippen LogP contribution in [-0.4, -0.2) is 6.71 Å². The summed E-state index contributed by atoms with van der Waals surface area (Å²) in [4.78, 5) is 0. The minimum Gasteiger partial charge on any atom is -0.0736 e. The highest BCUT2D eigenvalue weighted by molar-refractivity contribution is 6.87. The van der Waals surface area contributed by atoms with Crippen LogP contribution in [0.5, 0.6) is 0 Å². The van der Waals surface area contributed by atoms with Crippen molar-refractivity contribution in [1.82, 2.24) is 0 Å². The lowest BCUT2D eigenvalue weighted by molar-refractivity contribution is 0.750. The molecule has 92 valence electrons. The molecule has 18 heavy (non-hydrogen) atoms. The average Bonchev–Trinajstić information content (AvgIpc) is 2.32. The summed E-state index contributed by atoms with van der Waals surface area (Å²) < 4.78 is 0.